The molecule has 0 radical (unpaired) electrons. The molecule has 4 N–H and O–H groups in total. The zero-order chi connectivity index (χ0) is 23.8. The predicted octanol–water partition coefficient (Wildman–Crippen LogP) is 1.82. The van der Waals surface area contributed by atoms with E-state index in [1.807, 2.05) is 0 Å². The van der Waals surface area contributed by atoms with Crippen LogP contribution in [0, 0.1) is 0 Å². The zero-order valence-corrected chi connectivity index (χ0v) is 20.6. The Balaban J connectivity index is 1.83. The Morgan fingerprint density at radius 3 is 1.77 bits per heavy atom. The minimum atomic E-state index is -0.921. The highest BCUT2D eigenvalue weighted by atomic mass is 16.6. The summed E-state index contributed by atoms with van der Waals surface area (Å²) >= 11 is 0. The monoisotopic (exact) mass is 439 g/mol. The molecule has 0 atom stereocenters. The van der Waals surface area contributed by atoms with Gasteiger partial charge in [-0.2, -0.15) is 0 Å². The molecule has 0 aromatic carbocycles. The number of nitrogens with one attached hydrogen (secondary N) is 4. The quantitative estimate of drug-likeness (QED) is 0.386. The molecule has 2 saturated heterocycles. The summed E-state index contributed by atoms with van der Waals surface area (Å²) < 4.78 is 5.51. The number of amides is 3. The molecule has 2 heterocycles. The second-order valence-electron chi connectivity index (χ2n) is 11.7. The Morgan fingerprint density at radius 1 is 0.806 bits per heavy atom. The lowest BCUT2D eigenvalue weighted by atomic mass is 9.79. The highest BCUT2D eigenvalue weighted by Gasteiger charge is 2.44. The molecule has 178 valence electrons. The summed E-state index contributed by atoms with van der Waals surface area (Å²) in [6.07, 6.45) is 1.70. The van der Waals surface area contributed by atoms with E-state index in [1.54, 1.807) is 0 Å². The van der Waals surface area contributed by atoms with Crippen molar-refractivity contribution < 1.29 is 19.1 Å². The van der Waals surface area contributed by atoms with E-state index in [4.69, 9.17) is 4.74 Å². The lowest BCUT2D eigenvalue weighted by Crippen LogP contribution is -2.63. The fraction of sp³-hybridized carbons (Fsp3) is 0.864. The van der Waals surface area contributed by atoms with Crippen LogP contribution < -0.4 is 21.5 Å². The smallest absolute Gasteiger partial charge is 0.426 e. The van der Waals surface area contributed by atoms with Gasteiger partial charge in [0.05, 0.1) is 0 Å². The molecule has 0 unspecified atom stereocenters. The first-order chi connectivity index (χ1) is 13.9. The van der Waals surface area contributed by atoms with Crippen molar-refractivity contribution in [3.05, 3.63) is 0 Å². The number of carbonyl (C=O) groups excluding carboxylic acids is 3. The van der Waals surface area contributed by atoms with E-state index < -0.39 is 17.9 Å². The summed E-state index contributed by atoms with van der Waals surface area (Å²) in [5.74, 6) is -1.70. The normalized spacial score (nSPS) is 25.3. The van der Waals surface area contributed by atoms with Gasteiger partial charge in [0.25, 0.3) is 0 Å². The summed E-state index contributed by atoms with van der Waals surface area (Å²) in [5.41, 5.74) is 3.77. The van der Waals surface area contributed by atoms with E-state index in [2.05, 4.69) is 88.8 Å². The number of hydrogen-bond acceptors (Lipinski definition) is 6. The molecule has 0 aromatic rings. The minimum Gasteiger partial charge on any atom is -0.445 e. The third kappa shape index (κ3) is 6.80. The first kappa shape index (κ1) is 25.4. The van der Waals surface area contributed by atoms with Crippen LogP contribution in [0.2, 0.25) is 0 Å². The highest BCUT2D eigenvalue weighted by molar-refractivity contribution is 6.35. The number of hydrazine groups is 1. The predicted molar refractivity (Wildman–Crippen MR) is 119 cm³/mol. The van der Waals surface area contributed by atoms with Gasteiger partial charge in [-0.3, -0.25) is 19.9 Å². The number of carbonyl (C=O) groups is 3. The molecule has 0 saturated carbocycles. The largest absolute Gasteiger partial charge is 0.445 e. The first-order valence-corrected chi connectivity index (χ1v) is 11.0. The van der Waals surface area contributed by atoms with Gasteiger partial charge >= 0.3 is 17.9 Å². The van der Waals surface area contributed by atoms with Crippen LogP contribution in [-0.4, -0.2) is 64.2 Å². The second-order valence-corrected chi connectivity index (χ2v) is 11.7. The second kappa shape index (κ2) is 8.58. The molecular formula is C22H41N5O4. The van der Waals surface area contributed by atoms with Crippen LogP contribution in [-0.2, 0) is 14.3 Å². The van der Waals surface area contributed by atoms with Crippen molar-refractivity contribution >= 4 is 17.9 Å². The van der Waals surface area contributed by atoms with E-state index in [0.29, 0.717) is 25.7 Å². The number of rotatable bonds is 2. The van der Waals surface area contributed by atoms with Gasteiger partial charge in [0.15, 0.2) is 0 Å². The summed E-state index contributed by atoms with van der Waals surface area (Å²) in [7, 11) is 2.07. The molecule has 0 spiro atoms. The van der Waals surface area contributed by atoms with Crippen molar-refractivity contribution in [2.24, 2.45) is 0 Å². The van der Waals surface area contributed by atoms with Crippen LogP contribution in [0.5, 0.6) is 0 Å². The van der Waals surface area contributed by atoms with Crippen molar-refractivity contribution in [3.63, 3.8) is 0 Å². The van der Waals surface area contributed by atoms with Gasteiger partial charge in [-0.25, -0.2) is 10.2 Å². The third-order valence-electron chi connectivity index (χ3n) is 6.55. The van der Waals surface area contributed by atoms with Gasteiger partial charge in [-0.05, 0) is 75.3 Å². The van der Waals surface area contributed by atoms with E-state index in [9.17, 15) is 14.4 Å². The van der Waals surface area contributed by atoms with Crippen molar-refractivity contribution in [2.75, 3.05) is 7.05 Å². The summed E-state index contributed by atoms with van der Waals surface area (Å²) in [5, 5.41) is 6.30. The lowest BCUT2D eigenvalue weighted by molar-refractivity contribution is -0.140. The standard InChI is InChI=1S/C22H41N5O4/c1-19(2)10-14(11-20(3,4)26-19)23-16(28)17(29)24-25-18(30)31-15-12-21(5,6)27(9)22(7,8)13-15/h14-15,26H,10-13H2,1-9H3,(H,23,28)(H,24,29)(H,25,30). The average Bonchev–Trinajstić information content (AvgIpc) is 2.53. The Bertz CT molecular complexity index is 683. The number of piperidine rings is 2. The van der Waals surface area contributed by atoms with E-state index in [1.165, 1.54) is 0 Å². The average molecular weight is 440 g/mol. The summed E-state index contributed by atoms with van der Waals surface area (Å²) in [6, 6.07) is -0.139. The van der Waals surface area contributed by atoms with E-state index in [-0.39, 0.29) is 34.3 Å². The highest BCUT2D eigenvalue weighted by Crippen LogP contribution is 2.38. The minimum absolute atomic E-state index is 0.133. The fourth-order valence-electron chi connectivity index (χ4n) is 5.38. The van der Waals surface area contributed by atoms with Gasteiger partial charge in [0, 0.05) is 41.0 Å². The number of ether oxygens (including phenoxy) is 1. The Kier molecular flexibility index (Phi) is 7.03. The maximum absolute atomic E-state index is 12.3. The summed E-state index contributed by atoms with van der Waals surface area (Å²) in [6.45, 7) is 16.7. The molecule has 2 aliphatic rings. The number of likely N-dealkylation sites (tertiary alicyclic amines) is 1. The Labute approximate surface area is 186 Å². The van der Waals surface area contributed by atoms with Crippen LogP contribution in [0.15, 0.2) is 0 Å². The van der Waals surface area contributed by atoms with Crippen molar-refractivity contribution in [1.29, 1.82) is 0 Å². The van der Waals surface area contributed by atoms with Gasteiger partial charge in [0.1, 0.15) is 6.10 Å². The molecule has 3 amide bonds. The first-order valence-electron chi connectivity index (χ1n) is 11.0. The third-order valence-corrected chi connectivity index (χ3v) is 6.55. The molecule has 2 aliphatic heterocycles. The number of hydrogen-bond donors (Lipinski definition) is 4. The topological polar surface area (TPSA) is 112 Å². The van der Waals surface area contributed by atoms with E-state index in [0.717, 1.165) is 0 Å². The Hall–Kier alpha value is -1.87. The number of nitrogens with zero attached hydrogens (tertiary/aromatic N) is 1. The van der Waals surface area contributed by atoms with Gasteiger partial charge in [-0.1, -0.05) is 0 Å². The van der Waals surface area contributed by atoms with Crippen LogP contribution in [0.25, 0.3) is 0 Å². The van der Waals surface area contributed by atoms with Crippen LogP contribution in [0.3, 0.4) is 0 Å². The fourth-order valence-corrected chi connectivity index (χ4v) is 5.38. The summed E-state index contributed by atoms with van der Waals surface area (Å²) in [4.78, 5) is 39.0. The molecule has 2 fully saturated rings. The molecular weight excluding hydrogens is 398 g/mol. The van der Waals surface area contributed by atoms with Crippen LogP contribution in [0.4, 0.5) is 4.79 Å². The molecule has 9 heteroatoms. The van der Waals surface area contributed by atoms with Gasteiger partial charge in [0.2, 0.25) is 0 Å². The zero-order valence-electron chi connectivity index (χ0n) is 20.6. The van der Waals surface area contributed by atoms with E-state index >= 15 is 0 Å². The van der Waals surface area contributed by atoms with Gasteiger partial charge < -0.3 is 15.4 Å². The maximum Gasteiger partial charge on any atom is 0.426 e. The van der Waals surface area contributed by atoms with Crippen molar-refractivity contribution in [1.82, 2.24) is 26.4 Å². The van der Waals surface area contributed by atoms with Gasteiger partial charge in [-0.15, -0.1) is 0 Å². The van der Waals surface area contributed by atoms with Crippen LogP contribution >= 0.6 is 0 Å². The van der Waals surface area contributed by atoms with Crippen LogP contribution in [0.1, 0.15) is 81.1 Å². The SMILES string of the molecule is CN1C(C)(C)CC(OC(=O)NNC(=O)C(=O)NC2CC(C)(C)NC(C)(C)C2)CC1(C)C. The molecule has 9 nitrogen and oxygen atoms in total. The molecule has 0 aliphatic carbocycles. The maximum atomic E-state index is 12.3. The molecule has 0 bridgehead atoms. The molecule has 31 heavy (non-hydrogen) atoms. The lowest BCUT2D eigenvalue weighted by Gasteiger charge is -2.53. The van der Waals surface area contributed by atoms with Crippen molar-refractivity contribution in [2.45, 2.75) is 115 Å². The molecule has 2 rings (SSSR count). The molecule has 0 aromatic heterocycles. The van der Waals surface area contributed by atoms with Crippen molar-refractivity contribution in [3.8, 4) is 0 Å². The Morgan fingerprint density at radius 2 is 1.29 bits per heavy atom.